The summed E-state index contributed by atoms with van der Waals surface area (Å²) in [7, 11) is 0. The van der Waals surface area contributed by atoms with E-state index in [2.05, 4.69) is 5.32 Å². The standard InChI is InChI=1S/C22H18ClNO3/c1-15-2-6-17(7-3-15)21(25)24-20-12-8-18(9-13-20)22(26)27-14-16-4-10-19(23)11-5-16/h2-13H,14H2,1H3,(H,24,25). The van der Waals surface area contributed by atoms with Crippen LogP contribution in [0.5, 0.6) is 0 Å². The van der Waals surface area contributed by atoms with Gasteiger partial charge in [0.15, 0.2) is 0 Å². The number of amides is 1. The highest BCUT2D eigenvalue weighted by atomic mass is 35.5. The number of ether oxygens (including phenoxy) is 1. The van der Waals surface area contributed by atoms with Crippen molar-refractivity contribution in [3.05, 3.63) is 100 Å². The number of benzene rings is 3. The summed E-state index contributed by atoms with van der Waals surface area (Å²) in [6.45, 7) is 2.13. The molecule has 0 saturated heterocycles. The zero-order chi connectivity index (χ0) is 19.2. The average molecular weight is 380 g/mol. The Labute approximate surface area is 162 Å². The molecule has 1 N–H and O–H groups in total. The molecule has 0 aromatic heterocycles. The first-order chi connectivity index (χ1) is 13.0. The molecule has 0 atom stereocenters. The van der Waals surface area contributed by atoms with Gasteiger partial charge in [-0.3, -0.25) is 4.79 Å². The number of nitrogens with one attached hydrogen (secondary N) is 1. The molecule has 0 heterocycles. The number of carbonyl (C=O) groups excluding carboxylic acids is 2. The summed E-state index contributed by atoms with van der Waals surface area (Å²) in [6.07, 6.45) is 0. The lowest BCUT2D eigenvalue weighted by Crippen LogP contribution is -2.12. The van der Waals surface area contributed by atoms with E-state index in [-0.39, 0.29) is 12.5 Å². The van der Waals surface area contributed by atoms with Crippen LogP contribution in [0.25, 0.3) is 0 Å². The van der Waals surface area contributed by atoms with Crippen molar-refractivity contribution in [1.82, 2.24) is 0 Å². The van der Waals surface area contributed by atoms with Crippen LogP contribution in [0.1, 0.15) is 31.8 Å². The monoisotopic (exact) mass is 379 g/mol. The molecule has 1 amide bonds. The van der Waals surface area contributed by atoms with Gasteiger partial charge in [-0.2, -0.15) is 0 Å². The normalized spacial score (nSPS) is 10.3. The van der Waals surface area contributed by atoms with Crippen LogP contribution < -0.4 is 5.32 Å². The lowest BCUT2D eigenvalue weighted by Gasteiger charge is -2.08. The Hall–Kier alpha value is -3.11. The molecule has 0 aliphatic rings. The number of halogens is 1. The molecule has 3 aromatic carbocycles. The molecule has 0 aliphatic carbocycles. The summed E-state index contributed by atoms with van der Waals surface area (Å²) < 4.78 is 5.29. The van der Waals surface area contributed by atoms with E-state index in [4.69, 9.17) is 16.3 Å². The summed E-state index contributed by atoms with van der Waals surface area (Å²) >= 11 is 5.83. The second-order valence-corrected chi connectivity index (χ2v) is 6.54. The Kier molecular flexibility index (Phi) is 5.89. The third kappa shape index (κ3) is 5.19. The first kappa shape index (κ1) is 18.7. The van der Waals surface area contributed by atoms with E-state index >= 15 is 0 Å². The molecule has 0 unspecified atom stereocenters. The van der Waals surface area contributed by atoms with Crippen molar-refractivity contribution >= 4 is 29.2 Å². The molecular formula is C22H18ClNO3. The zero-order valence-corrected chi connectivity index (χ0v) is 15.5. The molecule has 0 spiro atoms. The van der Waals surface area contributed by atoms with Crippen molar-refractivity contribution in [3.63, 3.8) is 0 Å². The van der Waals surface area contributed by atoms with Crippen LogP contribution in [0.4, 0.5) is 5.69 Å². The van der Waals surface area contributed by atoms with Gasteiger partial charge in [0.05, 0.1) is 5.56 Å². The van der Waals surface area contributed by atoms with Crippen LogP contribution in [0, 0.1) is 6.92 Å². The number of rotatable bonds is 5. The minimum atomic E-state index is -0.429. The fraction of sp³-hybridized carbons (Fsp3) is 0.0909. The second-order valence-electron chi connectivity index (χ2n) is 6.10. The van der Waals surface area contributed by atoms with E-state index in [1.54, 1.807) is 60.7 Å². The maximum Gasteiger partial charge on any atom is 0.338 e. The Morgan fingerprint density at radius 1 is 0.852 bits per heavy atom. The van der Waals surface area contributed by atoms with E-state index in [0.29, 0.717) is 21.8 Å². The Morgan fingerprint density at radius 3 is 2.07 bits per heavy atom. The third-order valence-electron chi connectivity index (χ3n) is 3.98. The van der Waals surface area contributed by atoms with Gasteiger partial charge in [-0.15, -0.1) is 0 Å². The first-order valence-electron chi connectivity index (χ1n) is 8.41. The highest BCUT2D eigenvalue weighted by Gasteiger charge is 2.09. The van der Waals surface area contributed by atoms with Crippen LogP contribution in [0.3, 0.4) is 0 Å². The first-order valence-corrected chi connectivity index (χ1v) is 8.79. The summed E-state index contributed by atoms with van der Waals surface area (Å²) in [5.74, 6) is -0.630. The van der Waals surface area contributed by atoms with Gasteiger partial charge in [0.25, 0.3) is 5.91 Å². The number of carbonyl (C=O) groups is 2. The third-order valence-corrected chi connectivity index (χ3v) is 4.23. The van der Waals surface area contributed by atoms with Crippen molar-refractivity contribution in [2.24, 2.45) is 0 Å². The van der Waals surface area contributed by atoms with Gasteiger partial charge < -0.3 is 10.1 Å². The topological polar surface area (TPSA) is 55.4 Å². The minimum absolute atomic E-state index is 0.169. The molecule has 0 bridgehead atoms. The van der Waals surface area contributed by atoms with Crippen molar-refractivity contribution in [2.75, 3.05) is 5.32 Å². The Bertz CT molecular complexity index is 933. The predicted octanol–water partition coefficient (Wildman–Crippen LogP) is 5.26. The summed E-state index contributed by atoms with van der Waals surface area (Å²) in [5, 5.41) is 3.44. The van der Waals surface area contributed by atoms with E-state index in [9.17, 15) is 9.59 Å². The molecule has 3 aromatic rings. The van der Waals surface area contributed by atoms with E-state index < -0.39 is 5.97 Å². The lowest BCUT2D eigenvalue weighted by molar-refractivity contribution is 0.0472. The molecule has 3 rings (SSSR count). The molecular weight excluding hydrogens is 362 g/mol. The van der Waals surface area contributed by atoms with Gasteiger partial charge in [-0.05, 0) is 61.0 Å². The number of anilines is 1. The van der Waals surface area contributed by atoms with Crippen LogP contribution >= 0.6 is 11.6 Å². The number of esters is 1. The zero-order valence-electron chi connectivity index (χ0n) is 14.7. The number of aryl methyl sites for hydroxylation is 1. The van der Waals surface area contributed by atoms with Gasteiger partial charge >= 0.3 is 5.97 Å². The number of hydrogen-bond acceptors (Lipinski definition) is 3. The smallest absolute Gasteiger partial charge is 0.338 e. The summed E-state index contributed by atoms with van der Waals surface area (Å²) in [6, 6.07) is 21.0. The molecule has 4 nitrogen and oxygen atoms in total. The number of hydrogen-bond donors (Lipinski definition) is 1. The minimum Gasteiger partial charge on any atom is -0.457 e. The fourth-order valence-corrected chi connectivity index (χ4v) is 2.54. The lowest BCUT2D eigenvalue weighted by atomic mass is 10.1. The van der Waals surface area contributed by atoms with Crippen molar-refractivity contribution in [3.8, 4) is 0 Å². The van der Waals surface area contributed by atoms with Gasteiger partial charge in [-0.25, -0.2) is 4.79 Å². The van der Waals surface area contributed by atoms with Crippen LogP contribution in [0.2, 0.25) is 5.02 Å². The van der Waals surface area contributed by atoms with Gasteiger partial charge in [-0.1, -0.05) is 41.4 Å². The largest absolute Gasteiger partial charge is 0.457 e. The van der Waals surface area contributed by atoms with Gasteiger partial charge in [0.2, 0.25) is 0 Å². The Morgan fingerprint density at radius 2 is 1.44 bits per heavy atom. The molecule has 0 aliphatic heterocycles. The van der Waals surface area contributed by atoms with Crippen molar-refractivity contribution in [1.29, 1.82) is 0 Å². The molecule has 0 radical (unpaired) electrons. The molecule has 0 saturated carbocycles. The molecule has 27 heavy (non-hydrogen) atoms. The summed E-state index contributed by atoms with van der Waals surface area (Å²) in [5.41, 5.74) is 3.54. The fourth-order valence-electron chi connectivity index (χ4n) is 2.41. The van der Waals surface area contributed by atoms with E-state index in [1.165, 1.54) is 0 Å². The quantitative estimate of drug-likeness (QED) is 0.615. The summed E-state index contributed by atoms with van der Waals surface area (Å²) in [4.78, 5) is 24.4. The highest BCUT2D eigenvalue weighted by Crippen LogP contribution is 2.14. The van der Waals surface area contributed by atoms with Gasteiger partial charge in [0, 0.05) is 16.3 Å². The molecule has 5 heteroatoms. The maximum atomic E-state index is 12.2. The predicted molar refractivity (Wildman–Crippen MR) is 106 cm³/mol. The highest BCUT2D eigenvalue weighted by molar-refractivity contribution is 6.30. The van der Waals surface area contributed by atoms with E-state index in [0.717, 1.165) is 11.1 Å². The Balaban J connectivity index is 1.57. The molecule has 0 fully saturated rings. The molecule has 136 valence electrons. The second kappa shape index (κ2) is 8.52. The van der Waals surface area contributed by atoms with Crippen LogP contribution in [-0.4, -0.2) is 11.9 Å². The SMILES string of the molecule is Cc1ccc(C(=O)Nc2ccc(C(=O)OCc3ccc(Cl)cc3)cc2)cc1. The van der Waals surface area contributed by atoms with Crippen LogP contribution in [-0.2, 0) is 11.3 Å². The van der Waals surface area contributed by atoms with E-state index in [1.807, 2.05) is 19.1 Å². The van der Waals surface area contributed by atoms with Gasteiger partial charge in [0.1, 0.15) is 6.61 Å². The van der Waals surface area contributed by atoms with Crippen molar-refractivity contribution in [2.45, 2.75) is 13.5 Å². The average Bonchev–Trinajstić information content (AvgIpc) is 2.68. The van der Waals surface area contributed by atoms with Crippen molar-refractivity contribution < 1.29 is 14.3 Å². The van der Waals surface area contributed by atoms with Crippen LogP contribution in [0.15, 0.2) is 72.8 Å². The maximum absolute atomic E-state index is 12.2.